The molecule has 1 amide bonds. The van der Waals surface area contributed by atoms with Crippen LogP contribution in [0.25, 0.3) is 0 Å². The van der Waals surface area contributed by atoms with E-state index in [1.165, 1.54) is 28.6 Å². The van der Waals surface area contributed by atoms with E-state index >= 15 is 0 Å². The smallest absolute Gasteiger partial charge is 0.343 e. The van der Waals surface area contributed by atoms with Crippen molar-refractivity contribution in [2.45, 2.75) is 30.0 Å². The minimum atomic E-state index is -4.50. The zero-order chi connectivity index (χ0) is 18.7. The predicted octanol–water partition coefficient (Wildman–Crippen LogP) is 1.35. The Hall–Kier alpha value is -1.65. The number of hydrogen-bond donors (Lipinski definition) is 2. The molecule has 0 unspecified atom stereocenters. The maximum absolute atomic E-state index is 12.6. The molecule has 0 aliphatic carbocycles. The molecule has 1 aliphatic heterocycles. The fraction of sp³-hybridized carbons (Fsp3) is 0.533. The Labute approximate surface area is 144 Å². The number of hydrogen-bond acceptors (Lipinski definition) is 4. The highest BCUT2D eigenvalue weighted by atomic mass is 32.2. The second-order valence-corrected chi connectivity index (χ2v) is 7.73. The number of rotatable bonds is 5. The van der Waals surface area contributed by atoms with Crippen molar-refractivity contribution in [1.29, 1.82) is 0 Å². The molecule has 1 aliphatic rings. The highest BCUT2D eigenvalue weighted by Gasteiger charge is 2.30. The number of amides is 1. The molecule has 1 saturated heterocycles. The highest BCUT2D eigenvalue weighted by Crippen LogP contribution is 2.21. The van der Waals surface area contributed by atoms with E-state index in [4.69, 9.17) is 0 Å². The maximum atomic E-state index is 12.6. The minimum Gasteiger partial charge on any atom is -0.343 e. The molecule has 10 heteroatoms. The zero-order valence-electron chi connectivity index (χ0n) is 13.6. The van der Waals surface area contributed by atoms with Gasteiger partial charge in [0.1, 0.15) is 6.54 Å². The zero-order valence-corrected chi connectivity index (χ0v) is 14.5. The number of sulfonamides is 1. The summed E-state index contributed by atoms with van der Waals surface area (Å²) < 4.78 is 62.8. The van der Waals surface area contributed by atoms with Gasteiger partial charge in [0, 0.05) is 24.7 Å². The minimum absolute atomic E-state index is 0.0165. The van der Waals surface area contributed by atoms with E-state index in [2.05, 4.69) is 5.32 Å². The van der Waals surface area contributed by atoms with Gasteiger partial charge in [0.25, 0.3) is 5.91 Å². The van der Waals surface area contributed by atoms with E-state index in [1.807, 2.05) is 7.05 Å². The van der Waals surface area contributed by atoms with Gasteiger partial charge in [0.2, 0.25) is 10.0 Å². The molecule has 1 aromatic carbocycles. The molecule has 2 rings (SSSR count). The van der Waals surface area contributed by atoms with Crippen molar-refractivity contribution in [2.24, 2.45) is 0 Å². The molecule has 1 fully saturated rings. The molecule has 2 N–H and O–H groups in total. The Morgan fingerprint density at radius 1 is 1.20 bits per heavy atom. The quantitative estimate of drug-likeness (QED) is 0.810. The predicted molar refractivity (Wildman–Crippen MR) is 85.7 cm³/mol. The maximum Gasteiger partial charge on any atom is 0.405 e. The Bertz CT molecular complexity index is 697. The molecule has 1 heterocycles. The SMILES string of the molecule is CNC1CCN(S(=O)(=O)c2ccc(C(=O)NCC(F)(F)F)cc2)CC1. The first-order chi connectivity index (χ1) is 11.6. The summed E-state index contributed by atoms with van der Waals surface area (Å²) in [7, 11) is -1.85. The van der Waals surface area contributed by atoms with Crippen LogP contribution in [0.2, 0.25) is 0 Å². The molecule has 140 valence electrons. The lowest BCUT2D eigenvalue weighted by atomic mass is 10.1. The Kier molecular flexibility index (Phi) is 6.07. The number of halogens is 3. The molecule has 25 heavy (non-hydrogen) atoms. The monoisotopic (exact) mass is 379 g/mol. The third kappa shape index (κ3) is 5.16. The van der Waals surface area contributed by atoms with E-state index in [0.717, 1.165) is 0 Å². The van der Waals surface area contributed by atoms with Crippen LogP contribution in [-0.4, -0.2) is 57.5 Å². The number of carbonyl (C=O) groups is 1. The molecule has 1 aromatic rings. The Morgan fingerprint density at radius 3 is 2.24 bits per heavy atom. The van der Waals surface area contributed by atoms with Crippen molar-refractivity contribution in [2.75, 3.05) is 26.7 Å². The summed E-state index contributed by atoms with van der Waals surface area (Å²) in [6.07, 6.45) is -3.10. The molecular formula is C15H20F3N3O3S. The summed E-state index contributed by atoms with van der Waals surface area (Å²) in [4.78, 5) is 11.7. The molecule has 6 nitrogen and oxygen atoms in total. The van der Waals surface area contributed by atoms with Gasteiger partial charge in [-0.2, -0.15) is 17.5 Å². The van der Waals surface area contributed by atoms with Crippen LogP contribution in [0.5, 0.6) is 0 Å². The van der Waals surface area contributed by atoms with Crippen molar-refractivity contribution in [1.82, 2.24) is 14.9 Å². The first-order valence-corrected chi connectivity index (χ1v) is 9.20. The van der Waals surface area contributed by atoms with Gasteiger partial charge in [-0.15, -0.1) is 0 Å². The van der Waals surface area contributed by atoms with Crippen LogP contribution in [-0.2, 0) is 10.0 Å². The van der Waals surface area contributed by atoms with Crippen molar-refractivity contribution in [3.8, 4) is 0 Å². The van der Waals surface area contributed by atoms with Gasteiger partial charge in [-0.1, -0.05) is 0 Å². The molecule has 0 aromatic heterocycles. The number of carbonyl (C=O) groups excluding carboxylic acids is 1. The molecule has 0 radical (unpaired) electrons. The summed E-state index contributed by atoms with van der Waals surface area (Å²) >= 11 is 0. The molecule has 0 atom stereocenters. The Morgan fingerprint density at radius 2 is 1.76 bits per heavy atom. The molecule has 0 spiro atoms. The van der Waals surface area contributed by atoms with Gasteiger partial charge < -0.3 is 10.6 Å². The lowest BCUT2D eigenvalue weighted by molar-refractivity contribution is -0.123. The topological polar surface area (TPSA) is 78.5 Å². The van der Waals surface area contributed by atoms with Crippen molar-refractivity contribution in [3.63, 3.8) is 0 Å². The van der Waals surface area contributed by atoms with Crippen LogP contribution in [0.15, 0.2) is 29.2 Å². The first-order valence-electron chi connectivity index (χ1n) is 7.76. The van der Waals surface area contributed by atoms with Gasteiger partial charge in [-0.05, 0) is 44.2 Å². The summed E-state index contributed by atoms with van der Waals surface area (Å²) in [5.41, 5.74) is -0.0305. The number of nitrogens with one attached hydrogen (secondary N) is 2. The summed E-state index contributed by atoms with van der Waals surface area (Å²) in [6, 6.07) is 5.17. The van der Waals surface area contributed by atoms with Crippen molar-refractivity contribution in [3.05, 3.63) is 29.8 Å². The average molecular weight is 379 g/mol. The number of nitrogens with zero attached hydrogens (tertiary/aromatic N) is 1. The third-order valence-electron chi connectivity index (χ3n) is 4.07. The third-order valence-corrected chi connectivity index (χ3v) is 5.98. The number of piperidine rings is 1. The van der Waals surface area contributed by atoms with Crippen LogP contribution in [0.3, 0.4) is 0 Å². The van der Waals surface area contributed by atoms with Crippen LogP contribution in [0.1, 0.15) is 23.2 Å². The van der Waals surface area contributed by atoms with Crippen LogP contribution >= 0.6 is 0 Å². The highest BCUT2D eigenvalue weighted by molar-refractivity contribution is 7.89. The summed E-state index contributed by atoms with van der Waals surface area (Å²) in [6.45, 7) is -0.657. The van der Waals surface area contributed by atoms with Gasteiger partial charge in [0.15, 0.2) is 0 Å². The van der Waals surface area contributed by atoms with E-state index in [0.29, 0.717) is 25.9 Å². The van der Waals surface area contributed by atoms with Crippen LogP contribution in [0.4, 0.5) is 13.2 Å². The number of alkyl halides is 3. The molecule has 0 bridgehead atoms. The standard InChI is InChI=1S/C15H20F3N3O3S/c1-19-12-6-8-21(9-7-12)25(23,24)13-4-2-11(3-5-13)14(22)20-10-15(16,17)18/h2-5,12,19H,6-10H2,1H3,(H,20,22). The molecule has 0 saturated carbocycles. The van der Waals surface area contributed by atoms with Crippen molar-refractivity contribution < 1.29 is 26.4 Å². The van der Waals surface area contributed by atoms with E-state index < -0.39 is 28.7 Å². The van der Waals surface area contributed by atoms with E-state index in [-0.39, 0.29) is 16.5 Å². The van der Waals surface area contributed by atoms with Crippen LogP contribution < -0.4 is 10.6 Å². The second-order valence-electron chi connectivity index (χ2n) is 5.79. The summed E-state index contributed by atoms with van der Waals surface area (Å²) in [5.74, 6) is -0.906. The normalized spacial score (nSPS) is 17.4. The van der Waals surface area contributed by atoms with Gasteiger partial charge in [-0.25, -0.2) is 8.42 Å². The van der Waals surface area contributed by atoms with Gasteiger partial charge in [0.05, 0.1) is 4.90 Å². The second kappa shape index (κ2) is 7.71. The van der Waals surface area contributed by atoms with E-state index in [1.54, 1.807) is 5.32 Å². The largest absolute Gasteiger partial charge is 0.405 e. The van der Waals surface area contributed by atoms with Gasteiger partial charge in [-0.3, -0.25) is 4.79 Å². The van der Waals surface area contributed by atoms with E-state index in [9.17, 15) is 26.4 Å². The average Bonchev–Trinajstić information content (AvgIpc) is 2.59. The lowest BCUT2D eigenvalue weighted by Crippen LogP contribution is -2.43. The lowest BCUT2D eigenvalue weighted by Gasteiger charge is -2.31. The van der Waals surface area contributed by atoms with Crippen LogP contribution in [0, 0.1) is 0 Å². The Balaban J connectivity index is 2.05. The fourth-order valence-corrected chi connectivity index (χ4v) is 4.06. The van der Waals surface area contributed by atoms with Gasteiger partial charge >= 0.3 is 6.18 Å². The fourth-order valence-electron chi connectivity index (χ4n) is 2.59. The summed E-state index contributed by atoms with van der Waals surface area (Å²) in [5, 5.41) is 4.85. The molecular weight excluding hydrogens is 359 g/mol. The van der Waals surface area contributed by atoms with Crippen molar-refractivity contribution >= 4 is 15.9 Å². The first kappa shape index (κ1) is 19.7. The number of benzene rings is 1.